The topological polar surface area (TPSA) is 29.5 Å². The first-order valence-electron chi connectivity index (χ1n) is 11.4. The summed E-state index contributed by atoms with van der Waals surface area (Å²) in [6.45, 7) is 4.26. The Hall–Kier alpha value is -2.54. The highest BCUT2D eigenvalue weighted by atomic mass is 19.2. The van der Waals surface area contributed by atoms with Crippen LogP contribution in [0, 0.1) is 29.3 Å². The lowest BCUT2D eigenvalue weighted by atomic mass is 9.83. The molecular weight excluding hydrogens is 417 g/mol. The monoisotopic (exact) mass is 445 g/mol. The summed E-state index contributed by atoms with van der Waals surface area (Å²) in [4.78, 5) is 14.6. The Labute approximate surface area is 186 Å². The van der Waals surface area contributed by atoms with E-state index in [1.165, 1.54) is 48.6 Å². The molecule has 0 unspecified atom stereocenters. The van der Waals surface area contributed by atoms with Gasteiger partial charge < -0.3 is 9.22 Å². The molecule has 1 saturated carbocycles. The molecule has 1 amide bonds. The minimum atomic E-state index is -0.987. The number of benzene rings is 2. The van der Waals surface area contributed by atoms with Crippen molar-refractivity contribution in [2.24, 2.45) is 11.8 Å². The molecule has 2 bridgehead atoms. The molecule has 2 aromatic rings. The molecule has 1 atom stereocenters. The number of amides is 1. The van der Waals surface area contributed by atoms with Gasteiger partial charge in [0.05, 0.1) is 31.9 Å². The van der Waals surface area contributed by atoms with Crippen molar-refractivity contribution >= 4 is 11.8 Å². The second-order valence-electron chi connectivity index (χ2n) is 9.67. The molecule has 2 aromatic carbocycles. The third kappa shape index (κ3) is 4.49. The molecule has 7 heteroatoms. The van der Waals surface area contributed by atoms with E-state index < -0.39 is 23.5 Å². The van der Waals surface area contributed by atoms with Gasteiger partial charge in [0.1, 0.15) is 12.4 Å². The maximum atomic E-state index is 13.9. The predicted octanol–water partition coefficient (Wildman–Crippen LogP) is 5.27. The van der Waals surface area contributed by atoms with Crippen molar-refractivity contribution < 1.29 is 27.2 Å². The Kier molecular flexibility index (Phi) is 5.61. The number of halogens is 3. The van der Waals surface area contributed by atoms with Gasteiger partial charge in [-0.3, -0.25) is 4.90 Å². The zero-order valence-corrected chi connectivity index (χ0v) is 18.0. The van der Waals surface area contributed by atoms with E-state index in [9.17, 15) is 18.0 Å². The number of ether oxygens (including phenoxy) is 1. The Bertz CT molecular complexity index is 1000. The van der Waals surface area contributed by atoms with Gasteiger partial charge >= 0.3 is 6.09 Å². The fraction of sp³-hybridized carbons (Fsp3) is 0.480. The molecule has 0 radical (unpaired) electrons. The first-order valence-corrected chi connectivity index (χ1v) is 11.4. The summed E-state index contributed by atoms with van der Waals surface area (Å²) >= 11 is 0. The lowest BCUT2D eigenvalue weighted by Gasteiger charge is -2.52. The lowest BCUT2D eigenvalue weighted by molar-refractivity contribution is -0.947. The third-order valence-corrected chi connectivity index (χ3v) is 7.30. The number of rotatable bonds is 6. The number of hydrogen-bond acceptors (Lipinski definition) is 2. The Morgan fingerprint density at radius 3 is 2.47 bits per heavy atom. The second kappa shape index (κ2) is 8.43. The lowest BCUT2D eigenvalue weighted by Crippen LogP contribution is -2.65. The summed E-state index contributed by atoms with van der Waals surface area (Å²) in [5.74, 6) is -1.28. The van der Waals surface area contributed by atoms with E-state index in [1.54, 1.807) is 6.07 Å². The fourth-order valence-corrected chi connectivity index (χ4v) is 5.38. The van der Waals surface area contributed by atoms with Crippen LogP contribution in [0.4, 0.5) is 23.7 Å². The zero-order valence-electron chi connectivity index (χ0n) is 18.0. The number of piperidine rings is 3. The maximum Gasteiger partial charge on any atom is 0.415 e. The summed E-state index contributed by atoms with van der Waals surface area (Å²) in [6, 6.07) is 9.17. The molecule has 4 fully saturated rings. The summed E-state index contributed by atoms with van der Waals surface area (Å²) in [5.41, 5.74) is 0.721. The SMILES string of the molecule is O=C(O[C@H]1C[N+]2(CC3CC3)CCC1CC2)N(Cc1ccc(F)c(F)c1)c1cccc(F)c1. The standard InChI is InChI=1S/C25H28F3N2O2/c26-20-2-1-3-21(13-20)29(14-18-6-7-22(27)23(28)12-18)25(31)32-24-16-30(15-17-4-5-17)10-8-19(24)9-11-30/h1-3,6-7,12-13,17,19,24H,4-5,8-11,14-16H2/q+1/t19?,24-,30?/m0/s1. The molecule has 4 aliphatic rings. The summed E-state index contributed by atoms with van der Waals surface area (Å²) < 4.78 is 48.1. The highest BCUT2D eigenvalue weighted by Gasteiger charge is 2.49. The average Bonchev–Trinajstić information content (AvgIpc) is 3.58. The van der Waals surface area contributed by atoms with Crippen LogP contribution in [-0.2, 0) is 11.3 Å². The fourth-order valence-electron chi connectivity index (χ4n) is 5.38. The average molecular weight is 446 g/mol. The predicted molar refractivity (Wildman–Crippen MR) is 114 cm³/mol. The summed E-state index contributed by atoms with van der Waals surface area (Å²) in [7, 11) is 0. The first-order chi connectivity index (χ1) is 15.4. The number of carbonyl (C=O) groups excluding carboxylic acids is 1. The van der Waals surface area contributed by atoms with Crippen LogP contribution >= 0.6 is 0 Å². The Balaban J connectivity index is 1.36. The highest BCUT2D eigenvalue weighted by Crippen LogP contribution is 2.40. The molecule has 0 N–H and O–H groups in total. The highest BCUT2D eigenvalue weighted by molar-refractivity contribution is 5.87. The first kappa shape index (κ1) is 21.3. The second-order valence-corrected chi connectivity index (χ2v) is 9.67. The molecule has 170 valence electrons. The van der Waals surface area contributed by atoms with Crippen molar-refractivity contribution in [1.29, 1.82) is 0 Å². The van der Waals surface area contributed by atoms with Gasteiger partial charge in [-0.15, -0.1) is 0 Å². The molecular formula is C25H28F3N2O2+. The van der Waals surface area contributed by atoms with Gasteiger partial charge in [-0.1, -0.05) is 12.1 Å². The molecule has 3 saturated heterocycles. The van der Waals surface area contributed by atoms with Crippen molar-refractivity contribution in [3.05, 3.63) is 65.5 Å². The van der Waals surface area contributed by atoms with Gasteiger partial charge in [-0.2, -0.15) is 0 Å². The number of hydrogen-bond donors (Lipinski definition) is 0. The third-order valence-electron chi connectivity index (χ3n) is 7.30. The smallest absolute Gasteiger partial charge is 0.415 e. The van der Waals surface area contributed by atoms with Crippen LogP contribution in [0.2, 0.25) is 0 Å². The number of carbonyl (C=O) groups is 1. The molecule has 3 heterocycles. The van der Waals surface area contributed by atoms with Gasteiger partial charge in [-0.05, 0) is 48.7 Å². The van der Waals surface area contributed by atoms with Crippen LogP contribution < -0.4 is 4.90 Å². The van der Waals surface area contributed by atoms with Crippen LogP contribution in [-0.4, -0.2) is 42.9 Å². The van der Waals surface area contributed by atoms with Crippen LogP contribution in [0.25, 0.3) is 0 Å². The van der Waals surface area contributed by atoms with Gasteiger partial charge in [0.15, 0.2) is 17.7 Å². The van der Waals surface area contributed by atoms with E-state index in [2.05, 4.69) is 0 Å². The molecule has 32 heavy (non-hydrogen) atoms. The summed E-state index contributed by atoms with van der Waals surface area (Å²) in [5, 5.41) is 0. The van der Waals surface area contributed by atoms with E-state index in [1.807, 2.05) is 0 Å². The largest absolute Gasteiger partial charge is 0.440 e. The normalized spacial score (nSPS) is 26.7. The van der Waals surface area contributed by atoms with Crippen LogP contribution in [0.1, 0.15) is 31.2 Å². The van der Waals surface area contributed by atoms with Gasteiger partial charge in [0.2, 0.25) is 0 Å². The van der Waals surface area contributed by atoms with Crippen molar-refractivity contribution in [3.8, 4) is 0 Å². The van der Waals surface area contributed by atoms with Gasteiger partial charge in [0, 0.05) is 24.7 Å². The zero-order chi connectivity index (χ0) is 22.3. The van der Waals surface area contributed by atoms with Crippen molar-refractivity contribution in [1.82, 2.24) is 0 Å². The molecule has 1 aliphatic carbocycles. The van der Waals surface area contributed by atoms with E-state index in [4.69, 9.17) is 4.74 Å². The van der Waals surface area contributed by atoms with E-state index in [0.717, 1.165) is 55.0 Å². The number of fused-ring (bicyclic) bond motifs is 3. The van der Waals surface area contributed by atoms with Crippen LogP contribution in [0.3, 0.4) is 0 Å². The van der Waals surface area contributed by atoms with Crippen molar-refractivity contribution in [2.75, 3.05) is 31.1 Å². The van der Waals surface area contributed by atoms with E-state index in [0.29, 0.717) is 17.2 Å². The van der Waals surface area contributed by atoms with Gasteiger partial charge in [-0.25, -0.2) is 18.0 Å². The molecule has 0 spiro atoms. The molecule has 3 aliphatic heterocycles. The number of quaternary nitrogens is 1. The minimum Gasteiger partial charge on any atom is -0.440 e. The van der Waals surface area contributed by atoms with Crippen LogP contribution in [0.15, 0.2) is 42.5 Å². The summed E-state index contributed by atoms with van der Waals surface area (Å²) in [6.07, 6.45) is 3.94. The number of anilines is 1. The number of nitrogens with zero attached hydrogens (tertiary/aromatic N) is 2. The quantitative estimate of drug-likeness (QED) is 0.568. The van der Waals surface area contributed by atoms with Crippen LogP contribution in [0.5, 0.6) is 0 Å². The van der Waals surface area contributed by atoms with E-state index >= 15 is 0 Å². The van der Waals surface area contributed by atoms with Gasteiger partial charge in [0.25, 0.3) is 0 Å². The minimum absolute atomic E-state index is 0.0427. The molecule has 0 aromatic heterocycles. The molecule has 4 nitrogen and oxygen atoms in total. The molecule has 6 rings (SSSR count). The Morgan fingerprint density at radius 1 is 1.00 bits per heavy atom. The maximum absolute atomic E-state index is 13.9. The van der Waals surface area contributed by atoms with Crippen molar-refractivity contribution in [3.63, 3.8) is 0 Å². The van der Waals surface area contributed by atoms with E-state index in [-0.39, 0.29) is 12.6 Å². The van der Waals surface area contributed by atoms with Crippen molar-refractivity contribution in [2.45, 2.75) is 38.3 Å². The Morgan fingerprint density at radius 2 is 1.78 bits per heavy atom.